The SMILES string of the molecule is C1=C(C2CC2)CCC2=C1c1cc(-c3c4ccccc4c(-c4cccc(-c5ccccc5)c4)c4ccccc34)ccc1C2. The molecule has 0 N–H and O–H groups in total. The van der Waals surface area contributed by atoms with Gasteiger partial charge in [-0.25, -0.2) is 0 Å². The van der Waals surface area contributed by atoms with Crippen molar-refractivity contribution in [3.8, 4) is 33.4 Å². The van der Waals surface area contributed by atoms with Crippen LogP contribution in [0.1, 0.15) is 36.8 Å². The second-order valence-corrected chi connectivity index (χ2v) is 12.3. The molecule has 0 heterocycles. The molecule has 9 rings (SSSR count). The number of fused-ring (bicyclic) bond motifs is 4. The fraction of sp³-hybridized carbons (Fsp3) is 0.143. The summed E-state index contributed by atoms with van der Waals surface area (Å²) >= 11 is 0. The Balaban J connectivity index is 1.27. The maximum atomic E-state index is 2.57. The van der Waals surface area contributed by atoms with E-state index >= 15 is 0 Å². The Morgan fingerprint density at radius 2 is 1.07 bits per heavy atom. The molecule has 42 heavy (non-hydrogen) atoms. The molecule has 0 aliphatic heterocycles. The lowest BCUT2D eigenvalue weighted by molar-refractivity contribution is 0.816. The van der Waals surface area contributed by atoms with E-state index in [-0.39, 0.29) is 0 Å². The minimum atomic E-state index is 0.854. The second-order valence-electron chi connectivity index (χ2n) is 12.3. The molecule has 6 aromatic carbocycles. The van der Waals surface area contributed by atoms with Crippen molar-refractivity contribution < 1.29 is 0 Å². The van der Waals surface area contributed by atoms with Crippen LogP contribution >= 0.6 is 0 Å². The van der Waals surface area contributed by atoms with Gasteiger partial charge in [-0.3, -0.25) is 0 Å². The van der Waals surface area contributed by atoms with Crippen molar-refractivity contribution in [3.05, 3.63) is 150 Å². The van der Waals surface area contributed by atoms with E-state index in [9.17, 15) is 0 Å². The highest BCUT2D eigenvalue weighted by Crippen LogP contribution is 2.49. The molecule has 0 heteroatoms. The summed E-state index contributed by atoms with van der Waals surface area (Å²) in [5, 5.41) is 5.26. The fourth-order valence-corrected chi connectivity index (χ4v) is 7.62. The largest absolute Gasteiger partial charge is 0.0662 e. The Hall–Kier alpha value is -4.68. The van der Waals surface area contributed by atoms with Gasteiger partial charge in [0.15, 0.2) is 0 Å². The minimum absolute atomic E-state index is 0.854. The Labute approximate surface area is 247 Å². The van der Waals surface area contributed by atoms with Crippen LogP contribution in [0.5, 0.6) is 0 Å². The summed E-state index contributed by atoms with van der Waals surface area (Å²) in [4.78, 5) is 0. The number of rotatable bonds is 4. The van der Waals surface area contributed by atoms with Gasteiger partial charge in [-0.05, 0) is 122 Å². The van der Waals surface area contributed by atoms with Crippen molar-refractivity contribution in [1.82, 2.24) is 0 Å². The van der Waals surface area contributed by atoms with Crippen molar-refractivity contribution in [2.24, 2.45) is 5.92 Å². The van der Waals surface area contributed by atoms with Crippen LogP contribution in [-0.4, -0.2) is 0 Å². The molecule has 0 amide bonds. The fourth-order valence-electron chi connectivity index (χ4n) is 7.62. The molecule has 200 valence electrons. The Kier molecular flexibility index (Phi) is 5.38. The van der Waals surface area contributed by atoms with Crippen LogP contribution in [0.15, 0.2) is 139 Å². The third-order valence-corrected chi connectivity index (χ3v) is 9.81. The summed E-state index contributed by atoms with van der Waals surface area (Å²) < 4.78 is 0. The van der Waals surface area contributed by atoms with Crippen LogP contribution in [0.25, 0.3) is 60.5 Å². The quantitative estimate of drug-likeness (QED) is 0.197. The lowest BCUT2D eigenvalue weighted by Gasteiger charge is -2.19. The molecule has 0 radical (unpaired) electrons. The van der Waals surface area contributed by atoms with Crippen LogP contribution in [0.2, 0.25) is 0 Å². The highest BCUT2D eigenvalue weighted by atomic mass is 14.4. The molecule has 0 nitrogen and oxygen atoms in total. The van der Waals surface area contributed by atoms with Crippen LogP contribution in [0.3, 0.4) is 0 Å². The van der Waals surface area contributed by atoms with Crippen LogP contribution in [-0.2, 0) is 6.42 Å². The van der Waals surface area contributed by atoms with E-state index in [0.717, 1.165) is 12.3 Å². The van der Waals surface area contributed by atoms with Gasteiger partial charge in [0.2, 0.25) is 0 Å². The van der Waals surface area contributed by atoms with E-state index in [1.807, 2.05) is 0 Å². The normalized spacial score (nSPS) is 16.0. The summed E-state index contributed by atoms with van der Waals surface area (Å²) in [7, 11) is 0. The molecular weight excluding hydrogens is 504 g/mol. The standard InChI is InChI=1S/C42H32/c1-2-9-27(10-3-1)29-11-8-12-33(23-29)41-35-13-4-6-15-37(35)42(38-16-7-5-14-36(38)41)34-22-21-32-24-31-20-19-30(28-17-18-28)25-39(31)40(32)26-34/h1-16,21-23,25-26,28H,17-20,24H2. The summed E-state index contributed by atoms with van der Waals surface area (Å²) in [5.41, 5.74) is 15.6. The average molecular weight is 537 g/mol. The molecule has 6 aromatic rings. The van der Waals surface area contributed by atoms with Gasteiger partial charge in [-0.15, -0.1) is 0 Å². The lowest BCUT2D eigenvalue weighted by Crippen LogP contribution is -1.97. The van der Waals surface area contributed by atoms with Crippen molar-refractivity contribution in [2.45, 2.75) is 32.1 Å². The number of benzene rings is 6. The lowest BCUT2D eigenvalue weighted by atomic mass is 9.84. The molecule has 3 aliphatic carbocycles. The van der Waals surface area contributed by atoms with Gasteiger partial charge in [-0.2, -0.15) is 0 Å². The van der Waals surface area contributed by atoms with E-state index < -0.39 is 0 Å². The molecule has 0 saturated heterocycles. The first kappa shape index (κ1) is 24.0. The smallest absolute Gasteiger partial charge is 0.00262 e. The van der Waals surface area contributed by atoms with Gasteiger partial charge in [0.05, 0.1) is 0 Å². The van der Waals surface area contributed by atoms with Crippen molar-refractivity contribution >= 4 is 27.1 Å². The Morgan fingerprint density at radius 3 is 1.74 bits per heavy atom. The Bertz CT molecular complexity index is 2040. The molecule has 1 saturated carbocycles. The third kappa shape index (κ3) is 3.82. The molecule has 0 atom stereocenters. The molecule has 0 aromatic heterocycles. The number of hydrogen-bond donors (Lipinski definition) is 0. The first-order valence-electron chi connectivity index (χ1n) is 15.5. The van der Waals surface area contributed by atoms with E-state index in [1.54, 1.807) is 11.1 Å². The maximum Gasteiger partial charge on any atom is -0.00262 e. The highest BCUT2D eigenvalue weighted by Gasteiger charge is 2.31. The van der Waals surface area contributed by atoms with Gasteiger partial charge in [0, 0.05) is 0 Å². The predicted molar refractivity (Wildman–Crippen MR) is 178 cm³/mol. The van der Waals surface area contributed by atoms with Crippen molar-refractivity contribution in [3.63, 3.8) is 0 Å². The first-order valence-corrected chi connectivity index (χ1v) is 15.5. The zero-order valence-electron chi connectivity index (χ0n) is 23.7. The van der Waals surface area contributed by atoms with E-state index in [1.165, 1.54) is 97.3 Å². The molecule has 1 fully saturated rings. The topological polar surface area (TPSA) is 0 Å². The summed E-state index contributed by atoms with van der Waals surface area (Å²) in [6, 6.07) is 45.1. The van der Waals surface area contributed by atoms with Gasteiger partial charge in [-0.1, -0.05) is 126 Å². The zero-order chi connectivity index (χ0) is 27.6. The monoisotopic (exact) mass is 536 g/mol. The van der Waals surface area contributed by atoms with Crippen LogP contribution in [0.4, 0.5) is 0 Å². The van der Waals surface area contributed by atoms with Gasteiger partial charge < -0.3 is 0 Å². The summed E-state index contributed by atoms with van der Waals surface area (Å²) in [5.74, 6) is 0.854. The van der Waals surface area contributed by atoms with E-state index in [2.05, 4.69) is 127 Å². The van der Waals surface area contributed by atoms with Crippen LogP contribution in [0, 0.1) is 5.92 Å². The van der Waals surface area contributed by atoms with E-state index in [0.29, 0.717) is 0 Å². The van der Waals surface area contributed by atoms with E-state index in [4.69, 9.17) is 0 Å². The van der Waals surface area contributed by atoms with Crippen molar-refractivity contribution in [1.29, 1.82) is 0 Å². The van der Waals surface area contributed by atoms with Crippen LogP contribution < -0.4 is 0 Å². The molecular formula is C42H32. The maximum absolute atomic E-state index is 2.57. The summed E-state index contributed by atoms with van der Waals surface area (Å²) in [6.45, 7) is 0. The molecule has 0 spiro atoms. The molecule has 0 unspecified atom stereocenters. The molecule has 3 aliphatic rings. The average Bonchev–Trinajstić information content (AvgIpc) is 3.84. The van der Waals surface area contributed by atoms with Crippen molar-refractivity contribution in [2.75, 3.05) is 0 Å². The predicted octanol–water partition coefficient (Wildman–Crippen LogP) is 11.4. The minimum Gasteiger partial charge on any atom is -0.0662 e. The van der Waals surface area contributed by atoms with Gasteiger partial charge in [0.25, 0.3) is 0 Å². The van der Waals surface area contributed by atoms with Gasteiger partial charge in [0.1, 0.15) is 0 Å². The Morgan fingerprint density at radius 1 is 0.476 bits per heavy atom. The summed E-state index contributed by atoms with van der Waals surface area (Å²) in [6.07, 6.45) is 8.99. The molecule has 0 bridgehead atoms. The van der Waals surface area contributed by atoms with Gasteiger partial charge >= 0.3 is 0 Å². The second kappa shape index (κ2) is 9.43. The highest BCUT2D eigenvalue weighted by molar-refractivity contribution is 6.21. The number of allylic oxidation sites excluding steroid dienone is 4. The first-order chi connectivity index (χ1) is 20.8. The number of hydrogen-bond acceptors (Lipinski definition) is 0. The third-order valence-electron chi connectivity index (χ3n) is 9.81. The zero-order valence-corrected chi connectivity index (χ0v) is 23.7.